The van der Waals surface area contributed by atoms with Crippen LogP contribution in [-0.2, 0) is 19.0 Å². The summed E-state index contributed by atoms with van der Waals surface area (Å²) in [7, 11) is 4.80. The summed E-state index contributed by atoms with van der Waals surface area (Å²) < 4.78 is 16.1. The summed E-state index contributed by atoms with van der Waals surface area (Å²) >= 11 is 0. The molecule has 0 amide bonds. The van der Waals surface area contributed by atoms with E-state index in [1.165, 1.54) is 24.0 Å². The van der Waals surface area contributed by atoms with Crippen LogP contribution in [0.3, 0.4) is 0 Å². The lowest BCUT2D eigenvalue weighted by molar-refractivity contribution is -0.137. The molecular weight excluding hydrogens is 380 g/mol. The second kappa shape index (κ2) is 8.50. The van der Waals surface area contributed by atoms with Gasteiger partial charge in [-0.1, -0.05) is 26.3 Å². The lowest BCUT2D eigenvalue weighted by Gasteiger charge is -2.47. The largest absolute Gasteiger partial charge is 0.504 e. The van der Waals surface area contributed by atoms with Crippen molar-refractivity contribution in [1.82, 2.24) is 10.2 Å². The fourth-order valence-corrected chi connectivity index (χ4v) is 5.81. The minimum absolute atomic E-state index is 0.117. The van der Waals surface area contributed by atoms with E-state index >= 15 is 0 Å². The molecule has 30 heavy (non-hydrogen) atoms. The first-order chi connectivity index (χ1) is 14.5. The predicted octanol–water partition coefficient (Wildman–Crippen LogP) is 3.14. The maximum Gasteiger partial charge on any atom is 0.337 e. The third kappa shape index (κ3) is 3.35. The van der Waals surface area contributed by atoms with Crippen molar-refractivity contribution < 1.29 is 19.0 Å². The monoisotopic (exact) mass is 414 g/mol. The van der Waals surface area contributed by atoms with Gasteiger partial charge in [-0.2, -0.15) is 0 Å². The number of allylic oxidation sites excluding steroid dienone is 1. The summed E-state index contributed by atoms with van der Waals surface area (Å²) in [6, 6.07) is 0.543. The van der Waals surface area contributed by atoms with Crippen LogP contribution in [0.2, 0.25) is 0 Å². The number of piperidine rings is 1. The quantitative estimate of drug-likeness (QED) is 0.424. The molecule has 0 saturated carbocycles. The standard InChI is InChI=1S/C24H34N2O4/c1-6-15-12-26-10-9-16-21-20(29-4)8-7-14(2)22(21)25-23(16)19(26)11-17(15)18(13-28-3)24(27)30-5/h7-8,13-15,17,19,22,25H,6,9-12H2,1-5H3/b18-13+/t14?,15-,17+,19+,22?/m1/s1. The number of ether oxygens (including phenoxy) is 3. The topological polar surface area (TPSA) is 60.0 Å². The average molecular weight is 415 g/mol. The van der Waals surface area contributed by atoms with Gasteiger partial charge in [0.15, 0.2) is 0 Å². The molecule has 164 valence electrons. The van der Waals surface area contributed by atoms with Gasteiger partial charge in [0.05, 0.1) is 45.2 Å². The van der Waals surface area contributed by atoms with E-state index in [9.17, 15) is 4.79 Å². The van der Waals surface area contributed by atoms with E-state index in [2.05, 4.69) is 36.2 Å². The molecule has 1 N–H and O–H groups in total. The number of esters is 1. The highest BCUT2D eigenvalue weighted by Crippen LogP contribution is 2.46. The van der Waals surface area contributed by atoms with Gasteiger partial charge < -0.3 is 19.5 Å². The summed E-state index contributed by atoms with van der Waals surface area (Å²) in [5.74, 6) is 1.64. The van der Waals surface area contributed by atoms with Crippen LogP contribution in [0.1, 0.15) is 33.1 Å². The smallest absolute Gasteiger partial charge is 0.337 e. The molecular formula is C24H34N2O4. The van der Waals surface area contributed by atoms with Crippen molar-refractivity contribution in [2.45, 2.75) is 45.2 Å². The Morgan fingerprint density at radius 3 is 2.80 bits per heavy atom. The number of hydrogen-bond acceptors (Lipinski definition) is 6. The molecule has 4 rings (SSSR count). The summed E-state index contributed by atoms with van der Waals surface area (Å²) in [6.07, 6.45) is 8.88. The van der Waals surface area contributed by atoms with Gasteiger partial charge in [-0.15, -0.1) is 0 Å². The minimum Gasteiger partial charge on any atom is -0.504 e. The van der Waals surface area contributed by atoms with Crippen molar-refractivity contribution in [3.8, 4) is 0 Å². The number of carbonyl (C=O) groups is 1. The molecule has 1 fully saturated rings. The number of hydrogen-bond donors (Lipinski definition) is 1. The van der Waals surface area contributed by atoms with Crippen molar-refractivity contribution in [3.05, 3.63) is 46.6 Å². The number of carbonyl (C=O) groups excluding carboxylic acids is 1. The maximum atomic E-state index is 12.5. The molecule has 0 aromatic rings. The molecule has 1 saturated heterocycles. The van der Waals surface area contributed by atoms with Crippen LogP contribution in [0.25, 0.3) is 0 Å². The van der Waals surface area contributed by atoms with Gasteiger partial charge in [0.1, 0.15) is 5.76 Å². The van der Waals surface area contributed by atoms with Gasteiger partial charge in [0, 0.05) is 24.4 Å². The van der Waals surface area contributed by atoms with E-state index in [-0.39, 0.29) is 24.0 Å². The van der Waals surface area contributed by atoms with Crippen LogP contribution < -0.4 is 5.32 Å². The molecule has 4 aliphatic rings. The van der Waals surface area contributed by atoms with E-state index < -0.39 is 0 Å². The summed E-state index contributed by atoms with van der Waals surface area (Å²) in [4.78, 5) is 15.1. The van der Waals surface area contributed by atoms with Gasteiger partial charge in [-0.05, 0) is 42.2 Å². The number of rotatable bonds is 5. The zero-order valence-corrected chi connectivity index (χ0v) is 18.7. The summed E-state index contributed by atoms with van der Waals surface area (Å²) in [5.41, 5.74) is 4.73. The summed E-state index contributed by atoms with van der Waals surface area (Å²) in [6.45, 7) is 6.49. The van der Waals surface area contributed by atoms with Gasteiger partial charge in [-0.25, -0.2) is 4.79 Å². The number of fused-ring (bicyclic) bond motifs is 4. The molecule has 2 unspecified atom stereocenters. The highest BCUT2D eigenvalue weighted by molar-refractivity contribution is 5.88. The zero-order chi connectivity index (χ0) is 21.4. The van der Waals surface area contributed by atoms with E-state index in [4.69, 9.17) is 14.2 Å². The molecule has 3 aliphatic heterocycles. The molecule has 6 nitrogen and oxygen atoms in total. The number of nitrogens with zero attached hydrogens (tertiary/aromatic N) is 1. The molecule has 0 bridgehead atoms. The van der Waals surface area contributed by atoms with Crippen LogP contribution in [0.5, 0.6) is 0 Å². The van der Waals surface area contributed by atoms with Crippen LogP contribution >= 0.6 is 0 Å². The molecule has 3 heterocycles. The second-order valence-electron chi connectivity index (χ2n) is 8.79. The Kier molecular flexibility index (Phi) is 5.96. The van der Waals surface area contributed by atoms with Crippen LogP contribution in [0.4, 0.5) is 0 Å². The van der Waals surface area contributed by atoms with Crippen molar-refractivity contribution in [3.63, 3.8) is 0 Å². The minimum atomic E-state index is -0.283. The van der Waals surface area contributed by atoms with Crippen LogP contribution in [0.15, 0.2) is 46.6 Å². The normalized spacial score (nSPS) is 33.5. The third-order valence-electron chi connectivity index (χ3n) is 7.36. The highest BCUT2D eigenvalue weighted by Gasteiger charge is 2.47. The maximum absolute atomic E-state index is 12.5. The van der Waals surface area contributed by atoms with Crippen molar-refractivity contribution in [1.29, 1.82) is 0 Å². The molecule has 1 aliphatic carbocycles. The Labute approximate surface area is 179 Å². The van der Waals surface area contributed by atoms with Gasteiger partial charge in [-0.3, -0.25) is 4.90 Å². The molecule has 0 radical (unpaired) electrons. The Bertz CT molecular complexity index is 825. The van der Waals surface area contributed by atoms with E-state index in [1.54, 1.807) is 20.5 Å². The summed E-state index contributed by atoms with van der Waals surface area (Å²) in [5, 5.41) is 3.86. The van der Waals surface area contributed by atoms with Crippen molar-refractivity contribution in [2.75, 3.05) is 34.4 Å². The number of methoxy groups -OCH3 is 3. The lowest BCUT2D eigenvalue weighted by Crippen LogP contribution is -2.53. The first kappa shape index (κ1) is 21.0. The predicted molar refractivity (Wildman–Crippen MR) is 115 cm³/mol. The molecule has 6 heteroatoms. The molecule has 0 spiro atoms. The highest BCUT2D eigenvalue weighted by atomic mass is 16.5. The third-order valence-corrected chi connectivity index (χ3v) is 7.36. The second-order valence-corrected chi connectivity index (χ2v) is 8.79. The fraction of sp³-hybridized carbons (Fsp3) is 0.625. The van der Waals surface area contributed by atoms with E-state index in [0.29, 0.717) is 17.4 Å². The van der Waals surface area contributed by atoms with Crippen LogP contribution in [0, 0.1) is 17.8 Å². The molecule has 0 aromatic carbocycles. The fourth-order valence-electron chi connectivity index (χ4n) is 5.81. The Morgan fingerprint density at radius 2 is 2.13 bits per heavy atom. The van der Waals surface area contributed by atoms with Gasteiger partial charge >= 0.3 is 5.97 Å². The van der Waals surface area contributed by atoms with Crippen molar-refractivity contribution in [2.24, 2.45) is 17.8 Å². The zero-order valence-electron chi connectivity index (χ0n) is 18.7. The number of nitrogens with one attached hydrogen (secondary N) is 1. The van der Waals surface area contributed by atoms with Gasteiger partial charge in [0.25, 0.3) is 0 Å². The van der Waals surface area contributed by atoms with Gasteiger partial charge in [0.2, 0.25) is 0 Å². The molecule has 0 aromatic heterocycles. The van der Waals surface area contributed by atoms with Crippen molar-refractivity contribution >= 4 is 5.97 Å². The van der Waals surface area contributed by atoms with Crippen LogP contribution in [-0.4, -0.2) is 57.4 Å². The lowest BCUT2D eigenvalue weighted by atomic mass is 9.74. The van der Waals surface area contributed by atoms with E-state index in [1.807, 2.05) is 0 Å². The molecule has 5 atom stereocenters. The average Bonchev–Trinajstić information content (AvgIpc) is 3.17. The SMILES string of the molecule is CC[C@@H]1CN2CCC3=C(NC4C3=C(OC)C=CC4C)[C@@H]2C[C@@H]1/C(=C\OC)C(=O)OC. The first-order valence-electron chi connectivity index (χ1n) is 11.0. The Balaban J connectivity index is 1.70. The van der Waals surface area contributed by atoms with E-state index in [0.717, 1.165) is 38.1 Å². The Morgan fingerprint density at radius 1 is 1.33 bits per heavy atom. The first-order valence-corrected chi connectivity index (χ1v) is 11.0. The Hall–Kier alpha value is -2.21.